The number of ether oxygens (including phenoxy) is 1. The van der Waals surface area contributed by atoms with Crippen molar-refractivity contribution in [2.75, 3.05) is 32.8 Å². The summed E-state index contributed by atoms with van der Waals surface area (Å²) in [5.74, 6) is -0.245. The molecule has 2 atom stereocenters. The minimum Gasteiger partial charge on any atom is -0.379 e. The molecule has 1 aliphatic rings. The van der Waals surface area contributed by atoms with Crippen LogP contribution in [-0.2, 0) is 9.53 Å². The van der Waals surface area contributed by atoms with Crippen molar-refractivity contribution in [3.63, 3.8) is 0 Å². The number of nitrogens with two attached hydrogens (primary N) is 1. The number of carbonyl (C=O) groups excluding carboxylic acids is 1. The number of hydrogen-bond donors (Lipinski definition) is 2. The zero-order valence-electron chi connectivity index (χ0n) is 13.3. The van der Waals surface area contributed by atoms with Crippen molar-refractivity contribution in [3.05, 3.63) is 0 Å². The lowest BCUT2D eigenvalue weighted by molar-refractivity contribution is -0.124. The van der Waals surface area contributed by atoms with Crippen molar-refractivity contribution in [3.8, 4) is 0 Å². The lowest BCUT2D eigenvalue weighted by Crippen LogP contribution is -2.53. The Kier molecular flexibility index (Phi) is 7.48. The lowest BCUT2D eigenvalue weighted by Gasteiger charge is -2.33. The van der Waals surface area contributed by atoms with Gasteiger partial charge in [-0.1, -0.05) is 6.92 Å². The highest BCUT2D eigenvalue weighted by atomic mass is 16.5. The van der Waals surface area contributed by atoms with Crippen LogP contribution in [0.5, 0.6) is 0 Å². The van der Waals surface area contributed by atoms with Crippen LogP contribution in [0.4, 0.5) is 0 Å². The number of carbonyl (C=O) groups is 1. The van der Waals surface area contributed by atoms with E-state index in [-0.39, 0.29) is 5.91 Å². The van der Waals surface area contributed by atoms with Crippen molar-refractivity contribution < 1.29 is 9.53 Å². The highest BCUT2D eigenvalue weighted by molar-refractivity contribution is 5.84. The third kappa shape index (κ3) is 5.38. The zero-order chi connectivity index (χ0) is 15.0. The molecule has 118 valence electrons. The number of morpholine rings is 1. The average Bonchev–Trinajstić information content (AvgIpc) is 2.43. The molecule has 1 saturated heterocycles. The summed E-state index contributed by atoms with van der Waals surface area (Å²) < 4.78 is 5.44. The van der Waals surface area contributed by atoms with Crippen LogP contribution in [0.3, 0.4) is 0 Å². The van der Waals surface area contributed by atoms with Gasteiger partial charge < -0.3 is 15.8 Å². The molecule has 20 heavy (non-hydrogen) atoms. The summed E-state index contributed by atoms with van der Waals surface area (Å²) >= 11 is 0. The fourth-order valence-electron chi connectivity index (χ4n) is 2.59. The molecule has 2 unspecified atom stereocenters. The normalized spacial score (nSPS) is 23.4. The van der Waals surface area contributed by atoms with E-state index in [1.54, 1.807) is 0 Å². The second kappa shape index (κ2) is 8.60. The Morgan fingerprint density at radius 1 is 1.50 bits per heavy atom. The smallest absolute Gasteiger partial charge is 0.237 e. The van der Waals surface area contributed by atoms with Gasteiger partial charge in [0, 0.05) is 12.6 Å². The van der Waals surface area contributed by atoms with E-state index < -0.39 is 5.54 Å². The molecule has 0 radical (unpaired) electrons. The first-order valence-corrected chi connectivity index (χ1v) is 7.86. The molecule has 1 heterocycles. The molecule has 1 amide bonds. The van der Waals surface area contributed by atoms with Gasteiger partial charge in [-0.2, -0.15) is 0 Å². The van der Waals surface area contributed by atoms with Crippen LogP contribution in [0, 0.1) is 0 Å². The Morgan fingerprint density at radius 2 is 2.25 bits per heavy atom. The number of primary amides is 1. The number of nitrogens with zero attached hydrogens (tertiary/aromatic N) is 1. The Hall–Kier alpha value is -0.650. The van der Waals surface area contributed by atoms with E-state index in [1.807, 2.05) is 6.92 Å². The minimum atomic E-state index is -0.563. The highest BCUT2D eigenvalue weighted by Crippen LogP contribution is 2.15. The SMILES string of the molecule is CCCNC(C)(CCCCN1CCOCC1C)C(N)=O. The van der Waals surface area contributed by atoms with Gasteiger partial charge in [-0.05, 0) is 52.6 Å². The molecule has 1 rings (SSSR count). The molecule has 5 nitrogen and oxygen atoms in total. The largest absolute Gasteiger partial charge is 0.379 e. The molecule has 0 aromatic rings. The van der Waals surface area contributed by atoms with Crippen LogP contribution in [0.25, 0.3) is 0 Å². The predicted octanol–water partition coefficient (Wildman–Crippen LogP) is 1.12. The molecular formula is C15H31N3O2. The van der Waals surface area contributed by atoms with Gasteiger partial charge in [-0.15, -0.1) is 0 Å². The first kappa shape index (κ1) is 17.4. The van der Waals surface area contributed by atoms with Crippen molar-refractivity contribution in [1.29, 1.82) is 0 Å². The minimum absolute atomic E-state index is 0.245. The maximum absolute atomic E-state index is 11.6. The van der Waals surface area contributed by atoms with Crippen molar-refractivity contribution in [1.82, 2.24) is 10.2 Å². The molecule has 5 heteroatoms. The third-order valence-corrected chi connectivity index (χ3v) is 4.19. The lowest BCUT2D eigenvalue weighted by atomic mass is 9.93. The summed E-state index contributed by atoms with van der Waals surface area (Å²) in [6, 6.07) is 0.504. The van der Waals surface area contributed by atoms with Gasteiger partial charge in [-0.25, -0.2) is 0 Å². The van der Waals surface area contributed by atoms with Gasteiger partial charge >= 0.3 is 0 Å². The second-order valence-electron chi connectivity index (χ2n) is 6.04. The Labute approximate surface area is 123 Å². The van der Waals surface area contributed by atoms with Gasteiger partial charge in [-0.3, -0.25) is 9.69 Å². The van der Waals surface area contributed by atoms with Crippen LogP contribution < -0.4 is 11.1 Å². The maximum atomic E-state index is 11.6. The molecule has 0 saturated carbocycles. The van der Waals surface area contributed by atoms with Gasteiger partial charge in [0.1, 0.15) is 0 Å². The first-order valence-electron chi connectivity index (χ1n) is 7.86. The molecule has 0 bridgehead atoms. The number of rotatable bonds is 9. The number of unbranched alkanes of at least 4 members (excludes halogenated alkanes) is 1. The quantitative estimate of drug-likeness (QED) is 0.623. The van der Waals surface area contributed by atoms with Crippen LogP contribution in [0.2, 0.25) is 0 Å². The van der Waals surface area contributed by atoms with E-state index in [9.17, 15) is 4.79 Å². The first-order chi connectivity index (χ1) is 9.49. The molecule has 0 spiro atoms. The standard InChI is InChI=1S/C15H31N3O2/c1-4-8-17-15(3,14(16)19)7-5-6-9-18-10-11-20-12-13(18)2/h13,17H,4-12H2,1-3H3,(H2,16,19). The van der Waals surface area contributed by atoms with E-state index in [4.69, 9.17) is 10.5 Å². The Balaban J connectivity index is 2.28. The summed E-state index contributed by atoms with van der Waals surface area (Å²) in [5.41, 5.74) is 4.97. The van der Waals surface area contributed by atoms with Gasteiger partial charge in [0.05, 0.1) is 18.8 Å². The summed E-state index contributed by atoms with van der Waals surface area (Å²) in [7, 11) is 0. The van der Waals surface area contributed by atoms with Crippen molar-refractivity contribution in [2.24, 2.45) is 5.73 Å². The molecule has 1 aliphatic heterocycles. The number of nitrogens with one attached hydrogen (secondary N) is 1. The monoisotopic (exact) mass is 285 g/mol. The molecule has 0 aromatic carbocycles. The fourth-order valence-corrected chi connectivity index (χ4v) is 2.59. The molecule has 3 N–H and O–H groups in total. The van der Waals surface area contributed by atoms with E-state index >= 15 is 0 Å². The third-order valence-electron chi connectivity index (χ3n) is 4.19. The summed E-state index contributed by atoms with van der Waals surface area (Å²) in [5, 5.41) is 3.28. The fraction of sp³-hybridized carbons (Fsp3) is 0.933. The van der Waals surface area contributed by atoms with Crippen LogP contribution >= 0.6 is 0 Å². The van der Waals surface area contributed by atoms with Gasteiger partial charge in [0.15, 0.2) is 0 Å². The topological polar surface area (TPSA) is 67.6 Å². The molecule has 1 fully saturated rings. The molecular weight excluding hydrogens is 254 g/mol. The van der Waals surface area contributed by atoms with Crippen LogP contribution in [0.15, 0.2) is 0 Å². The second-order valence-corrected chi connectivity index (χ2v) is 6.04. The number of hydrogen-bond acceptors (Lipinski definition) is 4. The number of amides is 1. The van der Waals surface area contributed by atoms with Crippen LogP contribution in [-0.4, -0.2) is 55.2 Å². The van der Waals surface area contributed by atoms with E-state index in [2.05, 4.69) is 24.1 Å². The summed E-state index contributed by atoms with van der Waals surface area (Å²) in [6.45, 7) is 10.8. The van der Waals surface area contributed by atoms with Gasteiger partial charge in [0.25, 0.3) is 0 Å². The average molecular weight is 285 g/mol. The van der Waals surface area contributed by atoms with E-state index in [0.29, 0.717) is 6.04 Å². The predicted molar refractivity (Wildman–Crippen MR) is 81.6 cm³/mol. The van der Waals surface area contributed by atoms with E-state index in [1.165, 1.54) is 0 Å². The van der Waals surface area contributed by atoms with Gasteiger partial charge in [0.2, 0.25) is 5.91 Å². The Morgan fingerprint density at radius 3 is 2.85 bits per heavy atom. The van der Waals surface area contributed by atoms with Crippen molar-refractivity contribution in [2.45, 2.75) is 58.0 Å². The zero-order valence-corrected chi connectivity index (χ0v) is 13.3. The summed E-state index contributed by atoms with van der Waals surface area (Å²) in [4.78, 5) is 14.1. The maximum Gasteiger partial charge on any atom is 0.237 e. The van der Waals surface area contributed by atoms with Crippen molar-refractivity contribution >= 4 is 5.91 Å². The summed E-state index contributed by atoms with van der Waals surface area (Å²) in [6.07, 6.45) is 3.93. The highest BCUT2D eigenvalue weighted by Gasteiger charge is 2.29. The van der Waals surface area contributed by atoms with E-state index in [0.717, 1.165) is 58.5 Å². The van der Waals surface area contributed by atoms with Crippen LogP contribution in [0.1, 0.15) is 46.5 Å². The Bertz CT molecular complexity index is 299. The molecule has 0 aromatic heterocycles. The molecule has 0 aliphatic carbocycles.